The molecule has 1 unspecified atom stereocenters. The molecule has 0 bridgehead atoms. The zero-order chi connectivity index (χ0) is 39.6. The van der Waals surface area contributed by atoms with Crippen molar-refractivity contribution in [2.75, 3.05) is 26.3 Å². The predicted octanol–water partition coefficient (Wildman–Crippen LogP) is 6.73. The molecule has 296 valence electrons. The number of hydrogen-bond donors (Lipinski definition) is 3. The number of nitrogens with zero attached hydrogens (tertiary/aromatic N) is 4. The number of carbonyl (C=O) groups is 4. The zero-order valence-corrected chi connectivity index (χ0v) is 33.9. The summed E-state index contributed by atoms with van der Waals surface area (Å²) in [5.74, 6) is 0.785. The Morgan fingerprint density at radius 3 is 2.36 bits per heavy atom. The number of aromatic nitrogens is 3. The van der Waals surface area contributed by atoms with E-state index in [2.05, 4.69) is 44.6 Å². The smallest absolute Gasteiger partial charge is 0.252 e. The Morgan fingerprint density at radius 2 is 1.66 bits per heavy atom. The van der Waals surface area contributed by atoms with Gasteiger partial charge in [0, 0.05) is 46.3 Å². The molecule has 2 aliphatic heterocycles. The summed E-state index contributed by atoms with van der Waals surface area (Å²) in [7, 11) is 0. The van der Waals surface area contributed by atoms with Crippen LogP contribution in [0, 0.1) is 20.8 Å². The minimum absolute atomic E-state index is 0.0163. The number of unbranched alkanes of at least 4 members (excludes halogenated alkanes) is 5. The highest BCUT2D eigenvalue weighted by atomic mass is 35.5. The number of aryl methyl sites for hydroxylation is 2. The van der Waals surface area contributed by atoms with Crippen LogP contribution in [-0.4, -0.2) is 76.8 Å². The minimum Gasteiger partial charge on any atom is -0.379 e. The second kappa shape index (κ2) is 19.4. The van der Waals surface area contributed by atoms with Crippen molar-refractivity contribution in [1.82, 2.24) is 30.7 Å². The monoisotopic (exact) mass is 799 g/mol. The van der Waals surface area contributed by atoms with E-state index in [1.807, 2.05) is 31.2 Å². The number of halogens is 1. The molecule has 6 rings (SSSR count). The number of amides is 3. The molecule has 2 aromatic heterocycles. The van der Waals surface area contributed by atoms with Crippen molar-refractivity contribution >= 4 is 52.7 Å². The summed E-state index contributed by atoms with van der Waals surface area (Å²) >= 11 is 7.91. The van der Waals surface area contributed by atoms with Crippen LogP contribution < -0.4 is 16.0 Å². The first-order valence-electron chi connectivity index (χ1n) is 19.5. The topological polar surface area (TPSA) is 157 Å². The number of aldehydes is 1. The molecule has 56 heavy (non-hydrogen) atoms. The molecule has 4 heterocycles. The molecule has 2 atom stereocenters. The van der Waals surface area contributed by atoms with Crippen LogP contribution in [0.1, 0.15) is 123 Å². The Morgan fingerprint density at radius 1 is 0.946 bits per heavy atom. The van der Waals surface area contributed by atoms with Crippen LogP contribution >= 0.6 is 22.9 Å². The molecule has 0 spiro atoms. The number of hydrogen-bond acceptors (Lipinski definition) is 9. The fourth-order valence-electron chi connectivity index (χ4n) is 7.28. The summed E-state index contributed by atoms with van der Waals surface area (Å²) in [6.45, 7) is 8.36. The van der Waals surface area contributed by atoms with E-state index in [1.165, 1.54) is 4.88 Å². The number of thiophene rings is 1. The van der Waals surface area contributed by atoms with Crippen LogP contribution in [0.15, 0.2) is 47.5 Å². The lowest BCUT2D eigenvalue weighted by Gasteiger charge is -2.24. The SMILES string of the molecule is Cc1sc2c(c1C)C(c1ccc(Cl)cc1)=N[C@@H](CC(=O)NCCCCCCCCNC(=O)Cc1cccc(C=O)c1C(=O)NC1CCCOC1)c1nnc(C)n1-2. The number of carbonyl (C=O) groups excluding carboxylic acids is 4. The Labute approximate surface area is 336 Å². The third kappa shape index (κ3) is 9.98. The van der Waals surface area contributed by atoms with Crippen molar-refractivity contribution in [2.24, 2.45) is 4.99 Å². The van der Waals surface area contributed by atoms with Crippen molar-refractivity contribution in [3.63, 3.8) is 0 Å². The van der Waals surface area contributed by atoms with E-state index in [-0.39, 0.29) is 47.7 Å². The average Bonchev–Trinajstić information content (AvgIpc) is 3.67. The molecular formula is C42H50ClN7O5S. The highest BCUT2D eigenvalue weighted by Crippen LogP contribution is 2.39. The Balaban J connectivity index is 0.919. The first kappa shape index (κ1) is 40.9. The van der Waals surface area contributed by atoms with Gasteiger partial charge in [-0.3, -0.25) is 28.7 Å². The molecule has 1 fully saturated rings. The number of rotatable bonds is 17. The number of ether oxygens (including phenoxy) is 1. The van der Waals surface area contributed by atoms with Crippen molar-refractivity contribution in [3.05, 3.63) is 97.4 Å². The Kier molecular flexibility index (Phi) is 14.2. The first-order valence-corrected chi connectivity index (χ1v) is 20.7. The van der Waals surface area contributed by atoms with Crippen molar-refractivity contribution < 1.29 is 23.9 Å². The highest BCUT2D eigenvalue weighted by molar-refractivity contribution is 7.15. The fraction of sp³-hybridized carbons (Fsp3) is 0.452. The second-order valence-electron chi connectivity index (χ2n) is 14.5. The number of fused-ring (bicyclic) bond motifs is 3. The van der Waals surface area contributed by atoms with Crippen LogP contribution in [0.25, 0.3) is 5.00 Å². The molecule has 0 radical (unpaired) electrons. The van der Waals surface area contributed by atoms with Gasteiger partial charge in [-0.05, 0) is 69.7 Å². The van der Waals surface area contributed by atoms with Gasteiger partial charge in [0.25, 0.3) is 5.91 Å². The lowest BCUT2D eigenvalue weighted by atomic mass is 9.97. The van der Waals surface area contributed by atoms with E-state index >= 15 is 0 Å². The fourth-order valence-corrected chi connectivity index (χ4v) is 8.62. The van der Waals surface area contributed by atoms with Crippen LogP contribution in [-0.2, 0) is 20.7 Å². The molecule has 1 saturated heterocycles. The second-order valence-corrected chi connectivity index (χ2v) is 16.1. The molecular weight excluding hydrogens is 750 g/mol. The van der Waals surface area contributed by atoms with Crippen LogP contribution in [0.5, 0.6) is 0 Å². The third-order valence-electron chi connectivity index (χ3n) is 10.4. The van der Waals surface area contributed by atoms with Crippen molar-refractivity contribution in [1.29, 1.82) is 0 Å². The van der Waals surface area contributed by atoms with E-state index in [4.69, 9.17) is 21.3 Å². The van der Waals surface area contributed by atoms with Gasteiger partial charge >= 0.3 is 0 Å². The normalized spacial score (nSPS) is 16.2. The Hall–Kier alpha value is -4.72. The van der Waals surface area contributed by atoms with Gasteiger partial charge in [-0.15, -0.1) is 21.5 Å². The largest absolute Gasteiger partial charge is 0.379 e. The summed E-state index contributed by atoms with van der Waals surface area (Å²) in [5, 5.41) is 19.5. The average molecular weight is 800 g/mol. The maximum atomic E-state index is 13.3. The summed E-state index contributed by atoms with van der Waals surface area (Å²) in [4.78, 5) is 57.3. The van der Waals surface area contributed by atoms with Crippen LogP contribution in [0.4, 0.5) is 0 Å². The summed E-state index contributed by atoms with van der Waals surface area (Å²) in [6, 6.07) is 12.0. The predicted molar refractivity (Wildman–Crippen MR) is 218 cm³/mol. The molecule has 14 heteroatoms. The van der Waals surface area contributed by atoms with Gasteiger partial charge < -0.3 is 20.7 Å². The molecule has 2 aliphatic rings. The first-order chi connectivity index (χ1) is 27.1. The van der Waals surface area contributed by atoms with Crippen LogP contribution in [0.2, 0.25) is 5.02 Å². The van der Waals surface area contributed by atoms with Gasteiger partial charge in [0.15, 0.2) is 12.1 Å². The van der Waals surface area contributed by atoms with E-state index in [9.17, 15) is 19.2 Å². The highest BCUT2D eigenvalue weighted by Gasteiger charge is 2.32. The van der Waals surface area contributed by atoms with Gasteiger partial charge in [-0.25, -0.2) is 0 Å². The third-order valence-corrected chi connectivity index (χ3v) is 11.8. The van der Waals surface area contributed by atoms with E-state index in [0.29, 0.717) is 49.0 Å². The van der Waals surface area contributed by atoms with E-state index < -0.39 is 6.04 Å². The maximum Gasteiger partial charge on any atom is 0.252 e. The molecule has 3 amide bonds. The quantitative estimate of drug-likeness (QED) is 0.0791. The summed E-state index contributed by atoms with van der Waals surface area (Å²) in [6.07, 6.45) is 8.18. The Bertz CT molecular complexity index is 2070. The van der Waals surface area contributed by atoms with Gasteiger partial charge in [-0.1, -0.05) is 67.6 Å². The summed E-state index contributed by atoms with van der Waals surface area (Å²) < 4.78 is 7.52. The van der Waals surface area contributed by atoms with Gasteiger partial charge in [-0.2, -0.15) is 0 Å². The van der Waals surface area contributed by atoms with E-state index in [0.717, 1.165) is 84.6 Å². The number of aliphatic imine (C=N–C) groups is 1. The number of nitrogens with one attached hydrogen (secondary N) is 3. The molecule has 0 aliphatic carbocycles. The lowest BCUT2D eigenvalue weighted by Crippen LogP contribution is -2.41. The van der Waals surface area contributed by atoms with E-state index in [1.54, 1.807) is 29.5 Å². The summed E-state index contributed by atoms with van der Waals surface area (Å²) in [5.41, 5.74) is 4.98. The standard InChI is InChI=1S/C42H50ClN7O5S/c1-26-27(2)56-42-37(26)39(29-15-17-32(43)18-16-29)47-34(40-49-48-28(3)50(40)42)23-36(53)45-20-9-7-5-4-6-8-19-44-35(52)22-30-12-10-13-31(24-51)38(30)41(54)46-33-14-11-21-55-25-33/h10,12-13,15-18,24,33-34H,4-9,11,14,19-23,25H2,1-3H3,(H,44,52)(H,45,53)(H,46,54)/t33?,34-/m0/s1. The molecule has 3 N–H and O–H groups in total. The molecule has 4 aromatic rings. The van der Waals surface area contributed by atoms with Crippen molar-refractivity contribution in [2.45, 2.75) is 97.1 Å². The molecule has 12 nitrogen and oxygen atoms in total. The van der Waals surface area contributed by atoms with Crippen molar-refractivity contribution in [3.8, 4) is 5.00 Å². The molecule has 2 aromatic carbocycles. The molecule has 0 saturated carbocycles. The van der Waals surface area contributed by atoms with Gasteiger partial charge in [0.2, 0.25) is 11.8 Å². The van der Waals surface area contributed by atoms with Gasteiger partial charge in [0.05, 0.1) is 36.8 Å². The minimum atomic E-state index is -0.508. The zero-order valence-electron chi connectivity index (χ0n) is 32.3. The van der Waals surface area contributed by atoms with Crippen LogP contribution in [0.3, 0.4) is 0 Å². The lowest BCUT2D eigenvalue weighted by molar-refractivity contribution is -0.122. The number of benzene rings is 2. The maximum absolute atomic E-state index is 13.3. The van der Waals surface area contributed by atoms with Gasteiger partial charge in [0.1, 0.15) is 16.9 Å².